The number of likely N-dealkylation sites (N-methyl/N-ethyl adjacent to an activating group) is 1. The standard InChI is InChI=1S/C15H22N2O/c1-17-7-2-3-14(11-17)16-10-12-4-5-15-13(9-12)6-8-18-15/h4-5,9,14,16H,2-3,6-8,10-11H2,1H3. The molecule has 3 rings (SSSR count). The molecule has 1 N–H and O–H groups in total. The molecule has 3 heteroatoms. The first-order chi connectivity index (χ1) is 8.81. The molecule has 0 bridgehead atoms. The second-order valence-electron chi connectivity index (χ2n) is 5.52. The largest absolute Gasteiger partial charge is 0.493 e. The first-order valence-corrected chi connectivity index (χ1v) is 6.98. The van der Waals surface area contributed by atoms with E-state index in [0.29, 0.717) is 6.04 Å². The third-order valence-electron chi connectivity index (χ3n) is 3.97. The van der Waals surface area contributed by atoms with Crippen LogP contribution < -0.4 is 10.1 Å². The van der Waals surface area contributed by atoms with Crippen molar-refractivity contribution in [3.05, 3.63) is 29.3 Å². The molecule has 1 aromatic rings. The van der Waals surface area contributed by atoms with Crippen LogP contribution in [-0.4, -0.2) is 37.7 Å². The van der Waals surface area contributed by atoms with Crippen LogP contribution in [0.3, 0.4) is 0 Å². The summed E-state index contributed by atoms with van der Waals surface area (Å²) >= 11 is 0. The number of nitrogens with zero attached hydrogens (tertiary/aromatic N) is 1. The fourth-order valence-electron chi connectivity index (χ4n) is 2.95. The number of likely N-dealkylation sites (tertiary alicyclic amines) is 1. The van der Waals surface area contributed by atoms with Crippen molar-refractivity contribution in [1.29, 1.82) is 0 Å². The van der Waals surface area contributed by atoms with E-state index >= 15 is 0 Å². The Balaban J connectivity index is 1.56. The van der Waals surface area contributed by atoms with Crippen LogP contribution in [0.4, 0.5) is 0 Å². The molecule has 0 amide bonds. The van der Waals surface area contributed by atoms with Crippen molar-refractivity contribution >= 4 is 0 Å². The Kier molecular flexibility index (Phi) is 3.52. The van der Waals surface area contributed by atoms with Crippen LogP contribution >= 0.6 is 0 Å². The van der Waals surface area contributed by atoms with Gasteiger partial charge >= 0.3 is 0 Å². The maximum absolute atomic E-state index is 5.53. The van der Waals surface area contributed by atoms with Crippen molar-refractivity contribution in [3.63, 3.8) is 0 Å². The van der Waals surface area contributed by atoms with Crippen LogP contribution in [-0.2, 0) is 13.0 Å². The number of hydrogen-bond donors (Lipinski definition) is 1. The summed E-state index contributed by atoms with van der Waals surface area (Å²) in [6.45, 7) is 4.24. The number of rotatable bonds is 3. The van der Waals surface area contributed by atoms with E-state index in [1.807, 2.05) is 0 Å². The Morgan fingerprint density at radius 3 is 3.28 bits per heavy atom. The lowest BCUT2D eigenvalue weighted by Crippen LogP contribution is -2.43. The maximum Gasteiger partial charge on any atom is 0.122 e. The lowest BCUT2D eigenvalue weighted by Gasteiger charge is -2.30. The summed E-state index contributed by atoms with van der Waals surface area (Å²) in [6, 6.07) is 7.24. The van der Waals surface area contributed by atoms with E-state index in [-0.39, 0.29) is 0 Å². The van der Waals surface area contributed by atoms with Crippen molar-refractivity contribution in [2.24, 2.45) is 0 Å². The Morgan fingerprint density at radius 2 is 2.39 bits per heavy atom. The third-order valence-corrected chi connectivity index (χ3v) is 3.97. The summed E-state index contributed by atoms with van der Waals surface area (Å²) in [5.41, 5.74) is 2.75. The minimum Gasteiger partial charge on any atom is -0.493 e. The molecule has 2 aliphatic rings. The van der Waals surface area contributed by atoms with Crippen molar-refractivity contribution < 1.29 is 4.74 Å². The molecule has 0 aromatic heterocycles. The Labute approximate surface area is 109 Å². The van der Waals surface area contributed by atoms with Gasteiger partial charge in [0.2, 0.25) is 0 Å². The van der Waals surface area contributed by atoms with Gasteiger partial charge in [-0.05, 0) is 43.6 Å². The molecule has 0 saturated carbocycles. The maximum atomic E-state index is 5.53. The van der Waals surface area contributed by atoms with Gasteiger partial charge in [-0.3, -0.25) is 0 Å². The van der Waals surface area contributed by atoms with Gasteiger partial charge in [-0.2, -0.15) is 0 Å². The molecule has 1 saturated heterocycles. The average Bonchev–Trinajstić information content (AvgIpc) is 2.84. The molecule has 3 nitrogen and oxygen atoms in total. The van der Waals surface area contributed by atoms with Gasteiger partial charge in [0.15, 0.2) is 0 Å². The summed E-state index contributed by atoms with van der Waals surface area (Å²) in [5, 5.41) is 3.68. The van der Waals surface area contributed by atoms with Gasteiger partial charge in [-0.25, -0.2) is 0 Å². The van der Waals surface area contributed by atoms with Gasteiger partial charge in [0.1, 0.15) is 5.75 Å². The van der Waals surface area contributed by atoms with E-state index in [1.54, 1.807) is 0 Å². The van der Waals surface area contributed by atoms with Crippen molar-refractivity contribution in [1.82, 2.24) is 10.2 Å². The van der Waals surface area contributed by atoms with Gasteiger partial charge in [0.25, 0.3) is 0 Å². The quantitative estimate of drug-likeness (QED) is 0.880. The van der Waals surface area contributed by atoms with Crippen LogP contribution in [0.25, 0.3) is 0 Å². The molecular weight excluding hydrogens is 224 g/mol. The van der Waals surface area contributed by atoms with E-state index in [2.05, 4.69) is 35.5 Å². The summed E-state index contributed by atoms with van der Waals surface area (Å²) < 4.78 is 5.53. The number of ether oxygens (including phenoxy) is 1. The first kappa shape index (κ1) is 12.0. The lowest BCUT2D eigenvalue weighted by molar-refractivity contribution is 0.226. The molecule has 0 radical (unpaired) electrons. The van der Waals surface area contributed by atoms with E-state index in [4.69, 9.17) is 4.74 Å². The first-order valence-electron chi connectivity index (χ1n) is 6.98. The molecule has 18 heavy (non-hydrogen) atoms. The van der Waals surface area contributed by atoms with Gasteiger partial charge in [0.05, 0.1) is 6.61 Å². The van der Waals surface area contributed by atoms with Crippen LogP contribution in [0, 0.1) is 0 Å². The second kappa shape index (κ2) is 5.29. The topological polar surface area (TPSA) is 24.5 Å². The van der Waals surface area contributed by atoms with Gasteiger partial charge in [-0.1, -0.05) is 12.1 Å². The fourth-order valence-corrected chi connectivity index (χ4v) is 2.95. The number of piperidine rings is 1. The summed E-state index contributed by atoms with van der Waals surface area (Å²) in [4.78, 5) is 2.41. The normalized spacial score (nSPS) is 23.7. The molecular formula is C15H22N2O. The lowest BCUT2D eigenvalue weighted by atomic mass is 10.0. The van der Waals surface area contributed by atoms with Crippen LogP contribution in [0.5, 0.6) is 5.75 Å². The molecule has 2 heterocycles. The number of hydrogen-bond acceptors (Lipinski definition) is 3. The molecule has 0 spiro atoms. The Morgan fingerprint density at radius 1 is 1.44 bits per heavy atom. The number of nitrogens with one attached hydrogen (secondary N) is 1. The van der Waals surface area contributed by atoms with E-state index < -0.39 is 0 Å². The minimum atomic E-state index is 0.647. The molecule has 2 aliphatic heterocycles. The van der Waals surface area contributed by atoms with Crippen molar-refractivity contribution in [3.8, 4) is 5.75 Å². The summed E-state index contributed by atoms with van der Waals surface area (Å²) in [5.74, 6) is 1.08. The van der Waals surface area contributed by atoms with Crippen molar-refractivity contribution in [2.45, 2.75) is 31.8 Å². The van der Waals surface area contributed by atoms with Gasteiger partial charge in [-0.15, -0.1) is 0 Å². The van der Waals surface area contributed by atoms with Crippen LogP contribution in [0.2, 0.25) is 0 Å². The zero-order chi connectivity index (χ0) is 12.4. The predicted octanol–water partition coefficient (Wildman–Crippen LogP) is 1.81. The van der Waals surface area contributed by atoms with Crippen LogP contribution in [0.1, 0.15) is 24.0 Å². The summed E-state index contributed by atoms with van der Waals surface area (Å²) in [7, 11) is 2.21. The van der Waals surface area contributed by atoms with Crippen molar-refractivity contribution in [2.75, 3.05) is 26.7 Å². The van der Waals surface area contributed by atoms with Crippen LogP contribution in [0.15, 0.2) is 18.2 Å². The SMILES string of the molecule is CN1CCCC(NCc2ccc3c(c2)CCO3)C1. The monoisotopic (exact) mass is 246 g/mol. The smallest absolute Gasteiger partial charge is 0.122 e. The predicted molar refractivity (Wildman–Crippen MR) is 73.0 cm³/mol. The Bertz CT molecular complexity index is 419. The molecule has 1 atom stereocenters. The van der Waals surface area contributed by atoms with Gasteiger partial charge < -0.3 is 15.0 Å². The molecule has 1 unspecified atom stereocenters. The highest BCUT2D eigenvalue weighted by atomic mass is 16.5. The van der Waals surface area contributed by atoms with E-state index in [0.717, 1.165) is 25.3 Å². The zero-order valence-corrected chi connectivity index (χ0v) is 11.1. The molecule has 98 valence electrons. The molecule has 0 aliphatic carbocycles. The molecule has 1 fully saturated rings. The minimum absolute atomic E-state index is 0.647. The highest BCUT2D eigenvalue weighted by molar-refractivity contribution is 5.39. The highest BCUT2D eigenvalue weighted by Crippen LogP contribution is 2.25. The zero-order valence-electron chi connectivity index (χ0n) is 11.1. The third kappa shape index (κ3) is 2.68. The Hall–Kier alpha value is -1.06. The average molecular weight is 246 g/mol. The van der Waals surface area contributed by atoms with Gasteiger partial charge in [0, 0.05) is 25.6 Å². The summed E-state index contributed by atoms with van der Waals surface area (Å²) in [6.07, 6.45) is 3.68. The van der Waals surface area contributed by atoms with E-state index in [9.17, 15) is 0 Å². The highest BCUT2D eigenvalue weighted by Gasteiger charge is 2.17. The van der Waals surface area contributed by atoms with E-state index in [1.165, 1.54) is 37.1 Å². The second-order valence-corrected chi connectivity index (χ2v) is 5.52. The molecule has 1 aromatic carbocycles. The number of fused-ring (bicyclic) bond motifs is 1. The number of benzene rings is 1. The fraction of sp³-hybridized carbons (Fsp3) is 0.600.